The number of carbonyl (C=O) groups is 3. The maximum absolute atomic E-state index is 15.0. The summed E-state index contributed by atoms with van der Waals surface area (Å²) in [7, 11) is -1.91. The smallest absolute Gasteiger partial charge is 0.312 e. The van der Waals surface area contributed by atoms with Crippen molar-refractivity contribution in [3.05, 3.63) is 128 Å². The van der Waals surface area contributed by atoms with Crippen molar-refractivity contribution in [1.29, 1.82) is 0 Å². The molecule has 0 spiro atoms. The number of hydrogen-bond donors (Lipinski definition) is 0. The molecule has 9 atom stereocenters. The van der Waals surface area contributed by atoms with Gasteiger partial charge in [0.1, 0.15) is 35.9 Å². The van der Waals surface area contributed by atoms with Crippen molar-refractivity contribution in [3.63, 3.8) is 0 Å². The summed E-state index contributed by atoms with van der Waals surface area (Å²) in [4.78, 5) is 46.4. The number of hydrogen-bond acceptors (Lipinski definition) is 7. The molecule has 3 aromatic rings. The molecule has 2 unspecified atom stereocenters. The van der Waals surface area contributed by atoms with Gasteiger partial charge in [-0.05, 0) is 185 Å². The van der Waals surface area contributed by atoms with Gasteiger partial charge in [0.05, 0.1) is 11.6 Å². The molecular weight excluding hydrogens is 1180 g/mol. The molecule has 10 heteroatoms. The van der Waals surface area contributed by atoms with Gasteiger partial charge >= 0.3 is 11.9 Å². The Kier molecular flexibility index (Phi) is 19.4. The largest absolute Gasteiger partial charge is 1.00 e. The first-order chi connectivity index (χ1) is 34.3. The van der Waals surface area contributed by atoms with Crippen molar-refractivity contribution in [2.75, 3.05) is 25.9 Å². The summed E-state index contributed by atoms with van der Waals surface area (Å²) in [5.74, 6) is 2.40. The van der Waals surface area contributed by atoms with Crippen LogP contribution < -0.4 is 32.9 Å². The molecule has 74 heavy (non-hydrogen) atoms. The summed E-state index contributed by atoms with van der Waals surface area (Å²) < 4.78 is 12.0. The van der Waals surface area contributed by atoms with Gasteiger partial charge in [-0.1, -0.05) is 116 Å². The number of benzene rings is 3. The van der Waals surface area contributed by atoms with Crippen LogP contribution in [0.4, 0.5) is 0 Å². The molecule has 0 bridgehead atoms. The predicted molar refractivity (Wildman–Crippen MR) is 294 cm³/mol. The van der Waals surface area contributed by atoms with Crippen LogP contribution in [0.15, 0.2) is 115 Å². The first-order valence-electron chi connectivity index (χ1n) is 27.5. The fourth-order valence-electron chi connectivity index (χ4n) is 15.5. The number of ether oxygens (including phenoxy) is 2. The second kappa shape index (κ2) is 24.1. The molecule has 1 aliphatic heterocycles. The molecule has 4 fully saturated rings. The van der Waals surface area contributed by atoms with Crippen LogP contribution in [-0.2, 0) is 46.2 Å². The summed E-state index contributed by atoms with van der Waals surface area (Å²) in [6.45, 7) is 24.7. The second-order valence-corrected chi connectivity index (χ2v) is 27.9. The molecule has 0 saturated heterocycles. The molecule has 405 valence electrons. The van der Waals surface area contributed by atoms with Crippen molar-refractivity contribution in [1.82, 2.24) is 9.80 Å². The van der Waals surface area contributed by atoms with E-state index in [-0.39, 0.29) is 115 Å². The van der Waals surface area contributed by atoms with Gasteiger partial charge in [-0.3, -0.25) is 14.4 Å². The molecule has 0 N–H and O–H groups in total. The normalized spacial score (nSPS) is 31.5. The summed E-state index contributed by atoms with van der Waals surface area (Å²) in [6, 6.07) is 33.1. The van der Waals surface area contributed by atoms with Crippen LogP contribution in [0.5, 0.6) is 0 Å². The Balaban J connectivity index is 0.000000734. The number of halogens is 1. The number of fused-ring (bicyclic) bond motifs is 7. The second-order valence-electron chi connectivity index (χ2n) is 24.3. The van der Waals surface area contributed by atoms with Gasteiger partial charge < -0.3 is 48.6 Å². The zero-order chi connectivity index (χ0) is 51.6. The van der Waals surface area contributed by atoms with Gasteiger partial charge in [-0.2, -0.15) is 6.67 Å². The van der Waals surface area contributed by atoms with E-state index in [0.29, 0.717) is 12.8 Å². The van der Waals surface area contributed by atoms with Gasteiger partial charge in [-0.15, -0.1) is 0 Å². The maximum Gasteiger partial charge on any atom is 0.312 e. The van der Waals surface area contributed by atoms with Crippen molar-refractivity contribution >= 4 is 40.9 Å². The summed E-state index contributed by atoms with van der Waals surface area (Å²) in [5, 5.41) is 4.18. The van der Waals surface area contributed by atoms with Crippen LogP contribution in [0.25, 0.3) is 0 Å². The van der Waals surface area contributed by atoms with Gasteiger partial charge in [0, 0.05) is 40.1 Å². The van der Waals surface area contributed by atoms with Gasteiger partial charge in [0.15, 0.2) is 5.78 Å². The minimum absolute atomic E-state index is 0. The predicted octanol–water partition coefficient (Wildman–Crippen LogP) is 9.80. The summed E-state index contributed by atoms with van der Waals surface area (Å²) in [5.41, 5.74) is -0.212. The third-order valence-corrected chi connectivity index (χ3v) is 24.5. The van der Waals surface area contributed by atoms with Crippen LogP contribution >= 0.6 is 7.26 Å². The van der Waals surface area contributed by atoms with E-state index in [1.54, 1.807) is 0 Å². The van der Waals surface area contributed by atoms with Crippen LogP contribution in [-0.4, -0.2) is 59.5 Å². The first kappa shape index (κ1) is 59.8. The zero-order valence-electron chi connectivity index (χ0n) is 45.9. The molecule has 0 amide bonds. The van der Waals surface area contributed by atoms with Crippen molar-refractivity contribution in [2.45, 2.75) is 152 Å². The standard InChI is InChI=1S/C57H71O5P.C7H13N2.Au.BrH/c1-9-37-61-51(60)54(5)34-33-53(4)35-36-56(7)44(45(53)40-54)39-46(58)50-55(6)31-30-48(52(2,3)47(55)29-32-57(50,56)8)62-49(59)28-20-13-21-38-63(41-22-14-10-15-23-41,42-24-16-11-17-25-42)43-26-18-12-19-27-43;1-3-8-5-6-9(4-2)7-8;;/h10-12,14-19,22-27,39,45,47-48,50H,13,20-21,28-38,40H2,2-8H3;5-7H,3-4H2,1-2H3;;1H/q;-1;;/p-1/t45-,47?,48-,50?,53+,54-,55-,56+,57+;;;/m0.../s1. The number of rotatable bonds is 14. The van der Waals surface area contributed by atoms with Gasteiger partial charge in [-0.25, -0.2) is 0 Å². The molecular formula is C64H84AuBrN2O5P-2. The Morgan fingerprint density at radius 3 is 1.82 bits per heavy atom. The average molecular weight is 1270 g/mol. The number of nitrogens with zero attached hydrogens (tertiary/aromatic N) is 2. The van der Waals surface area contributed by atoms with Crippen molar-refractivity contribution < 1.29 is 63.2 Å². The number of ketones is 1. The van der Waals surface area contributed by atoms with E-state index in [1.807, 2.05) is 6.92 Å². The monoisotopic (exact) mass is 1270 g/mol. The quantitative estimate of drug-likeness (QED) is 0.0398. The zero-order valence-corrected chi connectivity index (χ0v) is 50.5. The number of esters is 2. The number of carbonyl (C=O) groups excluding carboxylic acids is 3. The van der Waals surface area contributed by atoms with Crippen LogP contribution in [0, 0.1) is 69.3 Å². The topological polar surface area (TPSA) is 76.2 Å². The van der Waals surface area contributed by atoms with E-state index >= 15 is 0 Å². The van der Waals surface area contributed by atoms with E-state index in [0.717, 1.165) is 89.9 Å². The fourth-order valence-corrected chi connectivity index (χ4v) is 19.9. The van der Waals surface area contributed by atoms with Gasteiger partial charge in [0.25, 0.3) is 0 Å². The third-order valence-electron chi connectivity index (χ3n) is 20.0. The Morgan fingerprint density at radius 1 is 0.743 bits per heavy atom. The molecule has 9 rings (SSSR count). The summed E-state index contributed by atoms with van der Waals surface area (Å²) >= 11 is 0. The Bertz CT molecular complexity index is 2410. The van der Waals surface area contributed by atoms with Crippen LogP contribution in [0.1, 0.15) is 146 Å². The molecule has 7 nitrogen and oxygen atoms in total. The Hall–Kier alpha value is -3.44. The number of unbranched alkanes of at least 4 members (excludes halogenated alkanes) is 2. The average Bonchev–Trinajstić information content (AvgIpc) is 3.86. The maximum atomic E-state index is 15.0. The minimum atomic E-state index is -1.91. The van der Waals surface area contributed by atoms with Crippen molar-refractivity contribution in [3.8, 4) is 5.92 Å². The van der Waals surface area contributed by atoms with Crippen LogP contribution in [0.3, 0.4) is 0 Å². The van der Waals surface area contributed by atoms with E-state index in [9.17, 15) is 14.4 Å². The minimum Gasteiger partial charge on any atom is -1.00 e. The van der Waals surface area contributed by atoms with E-state index in [1.165, 1.54) is 21.5 Å². The third kappa shape index (κ3) is 11.0. The molecule has 1 radical (unpaired) electrons. The van der Waals surface area contributed by atoms with Crippen LogP contribution in [0.2, 0.25) is 0 Å². The molecule has 5 aliphatic carbocycles. The first-order valence-corrected chi connectivity index (χ1v) is 29.4. The van der Waals surface area contributed by atoms with E-state index in [4.69, 9.17) is 15.9 Å². The molecule has 4 saturated carbocycles. The molecule has 3 aromatic carbocycles. The molecule has 1 heterocycles. The number of allylic oxidation sites excluding steroid dienone is 2. The van der Waals surface area contributed by atoms with Crippen molar-refractivity contribution in [2.24, 2.45) is 50.2 Å². The molecule has 0 aromatic heterocycles. The Labute approximate surface area is 472 Å². The Morgan fingerprint density at radius 2 is 1.30 bits per heavy atom. The fraction of sp³-hybridized carbons (Fsp3) is 0.562. The SMILES string of the molecule is CCN1C=CN(CC)[CH-]1.[Au].[Br-].[C-]#CCOC(=O)[C@@]1(C)CC[C@]2(C)CC[C@]3(C)C(=CC(=O)C4[C@@]5(C)CC[C@H](OC(=O)CCCCC[P+](c6ccccc6)(c6ccccc6)c6ccccc6)C(C)(C)C5CC[C@]43C)[C@@H]2C1. The van der Waals surface area contributed by atoms with E-state index in [2.05, 4.69) is 187 Å². The summed E-state index contributed by atoms with van der Waals surface area (Å²) in [6.07, 6.45) is 25.7. The van der Waals surface area contributed by atoms with E-state index < -0.39 is 12.7 Å². The molecule has 6 aliphatic rings. The van der Waals surface area contributed by atoms with Gasteiger partial charge in [0.2, 0.25) is 0 Å².